The number of benzene rings is 2. The minimum absolute atomic E-state index is 0.132. The molecule has 0 N–H and O–H groups in total. The maximum Gasteiger partial charge on any atom is 0.416 e. The van der Waals surface area contributed by atoms with Gasteiger partial charge in [0.05, 0.1) is 35.2 Å². The normalized spacial score (nSPS) is 24.0. The van der Waals surface area contributed by atoms with Crippen LogP contribution in [0.2, 0.25) is 0 Å². The van der Waals surface area contributed by atoms with Crippen LogP contribution in [0.3, 0.4) is 0 Å². The van der Waals surface area contributed by atoms with E-state index in [1.807, 2.05) is 7.05 Å². The molecule has 1 spiro atoms. The van der Waals surface area contributed by atoms with Gasteiger partial charge in [-0.05, 0) is 75.3 Å². The fourth-order valence-electron chi connectivity index (χ4n) is 5.58. The van der Waals surface area contributed by atoms with Crippen molar-refractivity contribution in [2.24, 2.45) is 10.5 Å². The number of rotatable bonds is 3. The summed E-state index contributed by atoms with van der Waals surface area (Å²) in [6.07, 6.45) is -4.34. The molecular weight excluding hydrogens is 473 g/mol. The number of likely N-dealkylation sites (N-methyl/N-ethyl adjacent to an activating group) is 1. The van der Waals surface area contributed by atoms with Crippen LogP contribution in [0.25, 0.3) is 0 Å². The van der Waals surface area contributed by atoms with E-state index in [-0.39, 0.29) is 25.0 Å². The molecule has 190 valence electrons. The smallest absolute Gasteiger partial charge is 0.416 e. The van der Waals surface area contributed by atoms with Gasteiger partial charge in [-0.15, -0.1) is 0 Å². The first-order valence-electron chi connectivity index (χ1n) is 11.9. The first-order valence-corrected chi connectivity index (χ1v) is 11.9. The molecule has 2 atom stereocenters. The zero-order valence-electron chi connectivity index (χ0n) is 20.3. The van der Waals surface area contributed by atoms with Crippen LogP contribution in [0.4, 0.5) is 24.5 Å². The van der Waals surface area contributed by atoms with Crippen molar-refractivity contribution in [3.63, 3.8) is 0 Å². The second-order valence-electron chi connectivity index (χ2n) is 9.53. The molecule has 2 aromatic rings. The number of hydrogen-bond acceptors (Lipinski definition) is 6. The molecule has 3 heterocycles. The number of hydrogen-bond donors (Lipinski definition) is 0. The average molecular weight is 501 g/mol. The van der Waals surface area contributed by atoms with Crippen molar-refractivity contribution < 1.29 is 27.5 Å². The molecule has 1 fully saturated rings. The van der Waals surface area contributed by atoms with Crippen LogP contribution in [-0.4, -0.2) is 61.8 Å². The molecule has 0 aliphatic carbocycles. The van der Waals surface area contributed by atoms with Crippen LogP contribution in [0.5, 0.6) is 0 Å². The van der Waals surface area contributed by atoms with Gasteiger partial charge in [0.2, 0.25) is 0 Å². The number of fused-ring (bicyclic) bond motifs is 4. The Labute approximate surface area is 207 Å². The lowest BCUT2D eigenvalue weighted by molar-refractivity contribution is -0.137. The van der Waals surface area contributed by atoms with Gasteiger partial charge in [-0.25, -0.2) is 4.79 Å². The Kier molecular flexibility index (Phi) is 5.82. The summed E-state index contributed by atoms with van der Waals surface area (Å²) in [5.41, 5.74) is 0.804. The molecular formula is C26H27F3N4O3. The van der Waals surface area contributed by atoms with E-state index in [4.69, 9.17) is 4.74 Å². The van der Waals surface area contributed by atoms with Crippen LogP contribution in [0.15, 0.2) is 47.6 Å². The van der Waals surface area contributed by atoms with Crippen LogP contribution < -0.4 is 9.91 Å². The topological polar surface area (TPSA) is 65.5 Å². The fraction of sp³-hybridized carbons (Fsp3) is 0.423. The summed E-state index contributed by atoms with van der Waals surface area (Å²) in [5, 5.41) is 5.92. The van der Waals surface area contributed by atoms with E-state index in [0.717, 1.165) is 18.3 Å². The number of anilines is 2. The van der Waals surface area contributed by atoms with Crippen LogP contribution in [-0.2, 0) is 22.1 Å². The van der Waals surface area contributed by atoms with E-state index in [1.165, 1.54) is 17.1 Å². The molecule has 2 unspecified atom stereocenters. The van der Waals surface area contributed by atoms with Crippen LogP contribution >= 0.6 is 0 Å². The number of hydrazone groups is 1. The number of amides is 1. The number of carbonyl (C=O) groups excluding carboxylic acids is 2. The number of piperazine rings is 1. The molecule has 7 nitrogen and oxygen atoms in total. The maximum absolute atomic E-state index is 14.1. The maximum atomic E-state index is 14.1. The van der Waals surface area contributed by atoms with E-state index in [9.17, 15) is 22.8 Å². The summed E-state index contributed by atoms with van der Waals surface area (Å²) in [7, 11) is 1.98. The van der Waals surface area contributed by atoms with Crippen molar-refractivity contribution in [2.75, 3.05) is 43.2 Å². The van der Waals surface area contributed by atoms with E-state index < -0.39 is 23.1 Å². The van der Waals surface area contributed by atoms with Gasteiger partial charge < -0.3 is 14.5 Å². The zero-order chi connectivity index (χ0) is 25.8. The molecule has 1 saturated heterocycles. The highest BCUT2D eigenvalue weighted by Gasteiger charge is 2.59. The number of ether oxygens (including phenoxy) is 1. The molecule has 36 heavy (non-hydrogen) atoms. The number of halogens is 3. The summed E-state index contributed by atoms with van der Waals surface area (Å²) in [6, 6.07) is 9.93. The van der Waals surface area contributed by atoms with Gasteiger partial charge in [0.25, 0.3) is 5.91 Å². The van der Waals surface area contributed by atoms with Gasteiger partial charge >= 0.3 is 12.1 Å². The molecule has 3 aliphatic heterocycles. The summed E-state index contributed by atoms with van der Waals surface area (Å²) in [4.78, 5) is 30.3. The quantitative estimate of drug-likeness (QED) is 0.597. The molecule has 10 heteroatoms. The third kappa shape index (κ3) is 3.75. The molecule has 0 radical (unpaired) electrons. The monoisotopic (exact) mass is 500 g/mol. The lowest BCUT2D eigenvalue weighted by Crippen LogP contribution is -2.66. The summed E-state index contributed by atoms with van der Waals surface area (Å²) in [6.45, 7) is 5.65. The third-order valence-corrected chi connectivity index (χ3v) is 7.43. The first kappa shape index (κ1) is 24.3. The summed E-state index contributed by atoms with van der Waals surface area (Å²) < 4.78 is 45.6. The minimum atomic E-state index is -4.48. The largest absolute Gasteiger partial charge is 0.462 e. The number of nitrogens with zero attached hydrogens (tertiary/aromatic N) is 4. The second kappa shape index (κ2) is 8.62. The van der Waals surface area contributed by atoms with Crippen LogP contribution in [0.1, 0.15) is 35.3 Å². The van der Waals surface area contributed by atoms with Gasteiger partial charge in [-0.2, -0.15) is 23.3 Å². The zero-order valence-corrected chi connectivity index (χ0v) is 20.3. The molecule has 0 saturated carbocycles. The fourth-order valence-corrected chi connectivity index (χ4v) is 5.58. The number of alkyl halides is 3. The Bertz CT molecular complexity index is 1240. The lowest BCUT2D eigenvalue weighted by atomic mass is 9.67. The molecule has 0 aromatic heterocycles. The standard InChI is InChI=1S/C26H27F3N4O3/c1-4-36-23(34)17-5-8-20(9-6-17)33-24(35)25(16(2)30-33)14-18-13-19(26(27,28)29)7-10-21(18)32-12-11-31(3)15-22(25)32/h5-10,13,22H,4,11-12,14-15H2,1-3H3. The van der Waals surface area contributed by atoms with Gasteiger partial charge in [-0.1, -0.05) is 0 Å². The first-order chi connectivity index (χ1) is 17.1. The predicted molar refractivity (Wildman–Crippen MR) is 129 cm³/mol. The average Bonchev–Trinajstić information content (AvgIpc) is 3.09. The van der Waals surface area contributed by atoms with E-state index in [1.54, 1.807) is 38.1 Å². The highest BCUT2D eigenvalue weighted by Crippen LogP contribution is 2.49. The Balaban J connectivity index is 1.55. The van der Waals surface area contributed by atoms with Crippen molar-refractivity contribution in [2.45, 2.75) is 32.5 Å². The lowest BCUT2D eigenvalue weighted by Gasteiger charge is -2.53. The Hall–Kier alpha value is -3.40. The number of esters is 1. The van der Waals surface area contributed by atoms with E-state index in [2.05, 4.69) is 14.9 Å². The van der Waals surface area contributed by atoms with Gasteiger partial charge in [0, 0.05) is 25.3 Å². The number of carbonyl (C=O) groups is 2. The van der Waals surface area contributed by atoms with Crippen molar-refractivity contribution in [3.8, 4) is 0 Å². The van der Waals surface area contributed by atoms with Gasteiger partial charge in [0.1, 0.15) is 5.41 Å². The van der Waals surface area contributed by atoms with Crippen LogP contribution in [0, 0.1) is 5.41 Å². The van der Waals surface area contributed by atoms with Crippen molar-refractivity contribution in [3.05, 3.63) is 59.2 Å². The summed E-state index contributed by atoms with van der Waals surface area (Å²) in [5.74, 6) is -0.740. The van der Waals surface area contributed by atoms with E-state index in [0.29, 0.717) is 35.6 Å². The van der Waals surface area contributed by atoms with E-state index >= 15 is 0 Å². The molecule has 1 amide bonds. The summed E-state index contributed by atoms with van der Waals surface area (Å²) >= 11 is 0. The highest BCUT2D eigenvalue weighted by molar-refractivity contribution is 6.20. The Morgan fingerprint density at radius 1 is 1.17 bits per heavy atom. The molecule has 5 rings (SSSR count). The van der Waals surface area contributed by atoms with Gasteiger partial charge in [-0.3, -0.25) is 4.79 Å². The SMILES string of the molecule is CCOC(=O)c1ccc(N2N=C(C)C3(Cc4cc(C(F)(F)F)ccc4N4CCN(C)CC43)C2=O)cc1. The van der Waals surface area contributed by atoms with Crippen molar-refractivity contribution in [1.29, 1.82) is 0 Å². The molecule has 2 aromatic carbocycles. The van der Waals surface area contributed by atoms with Crippen molar-refractivity contribution in [1.82, 2.24) is 4.90 Å². The molecule has 0 bridgehead atoms. The molecule has 3 aliphatic rings. The highest BCUT2D eigenvalue weighted by atomic mass is 19.4. The minimum Gasteiger partial charge on any atom is -0.462 e. The second-order valence-corrected chi connectivity index (χ2v) is 9.53. The Morgan fingerprint density at radius 2 is 1.89 bits per heavy atom. The van der Waals surface area contributed by atoms with Gasteiger partial charge in [0.15, 0.2) is 0 Å². The van der Waals surface area contributed by atoms with Crippen molar-refractivity contribution >= 4 is 29.0 Å². The Morgan fingerprint density at radius 3 is 2.56 bits per heavy atom. The third-order valence-electron chi connectivity index (χ3n) is 7.43. The predicted octanol–water partition coefficient (Wildman–Crippen LogP) is 3.97.